The number of hydrogen-bond acceptors (Lipinski definition) is 3. The first-order valence-electron chi connectivity index (χ1n) is 4.71. The first-order chi connectivity index (χ1) is 6.69. The average Bonchev–Trinajstić information content (AvgIpc) is 2.27. The number of esters is 1. The minimum atomic E-state index is -0.215. The van der Waals surface area contributed by atoms with E-state index in [2.05, 4.69) is 9.72 Å². The minimum Gasteiger partial charge on any atom is -0.469 e. The number of carbonyl (C=O) groups is 1. The third-order valence-electron chi connectivity index (χ3n) is 2.26. The maximum absolute atomic E-state index is 11.3. The van der Waals surface area contributed by atoms with Gasteiger partial charge in [-0.1, -0.05) is 6.92 Å². The first kappa shape index (κ1) is 10.7. The molecule has 0 radical (unpaired) electrons. The van der Waals surface area contributed by atoms with Crippen molar-refractivity contribution in [3.8, 4) is 0 Å². The van der Waals surface area contributed by atoms with Crippen molar-refractivity contribution >= 4 is 5.97 Å². The molecular formula is C11H15NO2. The minimum absolute atomic E-state index is 0.210. The number of carbonyl (C=O) groups excluding carboxylic acids is 1. The van der Waals surface area contributed by atoms with Crippen molar-refractivity contribution in [2.75, 3.05) is 7.11 Å². The smallest absolute Gasteiger partial charge is 0.312 e. The zero-order valence-electron chi connectivity index (χ0n) is 8.78. The standard InChI is InChI=1S/C11H15NO2/c1-4-10-7-9(5-6-12-10)8(2)11(13)14-3/h5-8H,4H2,1-3H3. The van der Waals surface area contributed by atoms with E-state index in [0.717, 1.165) is 17.7 Å². The van der Waals surface area contributed by atoms with E-state index in [0.29, 0.717) is 0 Å². The van der Waals surface area contributed by atoms with Crippen LogP contribution in [0.3, 0.4) is 0 Å². The number of ether oxygens (including phenoxy) is 1. The molecule has 0 saturated carbocycles. The fourth-order valence-corrected chi connectivity index (χ4v) is 1.27. The molecule has 0 aliphatic carbocycles. The maximum Gasteiger partial charge on any atom is 0.312 e. The summed E-state index contributed by atoms with van der Waals surface area (Å²) in [5.74, 6) is -0.424. The molecule has 76 valence electrons. The predicted octanol–water partition coefficient (Wildman–Crippen LogP) is 1.92. The summed E-state index contributed by atoms with van der Waals surface area (Å²) in [6, 6.07) is 3.79. The van der Waals surface area contributed by atoms with Gasteiger partial charge >= 0.3 is 5.97 Å². The molecule has 0 aromatic carbocycles. The zero-order chi connectivity index (χ0) is 10.6. The van der Waals surface area contributed by atoms with Crippen molar-refractivity contribution in [3.63, 3.8) is 0 Å². The number of nitrogens with zero attached hydrogens (tertiary/aromatic N) is 1. The molecule has 14 heavy (non-hydrogen) atoms. The van der Waals surface area contributed by atoms with E-state index in [9.17, 15) is 4.79 Å². The van der Waals surface area contributed by atoms with Crippen molar-refractivity contribution in [2.45, 2.75) is 26.2 Å². The van der Waals surface area contributed by atoms with E-state index >= 15 is 0 Å². The van der Waals surface area contributed by atoms with E-state index in [-0.39, 0.29) is 11.9 Å². The topological polar surface area (TPSA) is 39.2 Å². The normalized spacial score (nSPS) is 12.2. The Morgan fingerprint density at radius 3 is 2.93 bits per heavy atom. The summed E-state index contributed by atoms with van der Waals surface area (Å²) < 4.78 is 4.68. The molecule has 0 amide bonds. The van der Waals surface area contributed by atoms with Crippen molar-refractivity contribution in [1.82, 2.24) is 4.98 Å². The molecule has 0 saturated heterocycles. The van der Waals surface area contributed by atoms with Crippen molar-refractivity contribution < 1.29 is 9.53 Å². The Bertz CT molecular complexity index is 323. The fourth-order valence-electron chi connectivity index (χ4n) is 1.27. The summed E-state index contributed by atoms with van der Waals surface area (Å²) in [5.41, 5.74) is 1.96. The highest BCUT2D eigenvalue weighted by Gasteiger charge is 2.15. The largest absolute Gasteiger partial charge is 0.469 e. The van der Waals surface area contributed by atoms with Gasteiger partial charge in [0.15, 0.2) is 0 Å². The average molecular weight is 193 g/mol. The summed E-state index contributed by atoms with van der Waals surface area (Å²) in [6.45, 7) is 3.87. The Morgan fingerprint density at radius 2 is 2.36 bits per heavy atom. The van der Waals surface area contributed by atoms with Crippen LogP contribution < -0.4 is 0 Å². The van der Waals surface area contributed by atoms with Crippen LogP contribution in [0.2, 0.25) is 0 Å². The van der Waals surface area contributed by atoms with Crippen LogP contribution in [0, 0.1) is 0 Å². The Hall–Kier alpha value is -1.38. The highest BCUT2D eigenvalue weighted by atomic mass is 16.5. The van der Waals surface area contributed by atoms with E-state index < -0.39 is 0 Å². The molecule has 1 aromatic rings. The first-order valence-corrected chi connectivity index (χ1v) is 4.71. The highest BCUT2D eigenvalue weighted by molar-refractivity contribution is 5.77. The predicted molar refractivity (Wildman–Crippen MR) is 54.0 cm³/mol. The Balaban J connectivity index is 2.89. The lowest BCUT2D eigenvalue weighted by atomic mass is 10.0. The molecule has 0 aliphatic heterocycles. The van der Waals surface area contributed by atoms with Crippen LogP contribution in [0.25, 0.3) is 0 Å². The molecule has 1 rings (SSSR count). The third-order valence-corrected chi connectivity index (χ3v) is 2.26. The Labute approximate surface area is 84.1 Å². The Morgan fingerprint density at radius 1 is 1.64 bits per heavy atom. The number of aryl methyl sites for hydroxylation is 1. The molecule has 3 nitrogen and oxygen atoms in total. The number of methoxy groups -OCH3 is 1. The van der Waals surface area contributed by atoms with Gasteiger partial charge in [0.1, 0.15) is 0 Å². The van der Waals surface area contributed by atoms with Gasteiger partial charge in [-0.2, -0.15) is 0 Å². The van der Waals surface area contributed by atoms with Crippen LogP contribution in [0.1, 0.15) is 31.0 Å². The van der Waals surface area contributed by atoms with Crippen LogP contribution >= 0.6 is 0 Å². The molecule has 1 heterocycles. The summed E-state index contributed by atoms with van der Waals surface area (Å²) in [4.78, 5) is 15.4. The van der Waals surface area contributed by atoms with Gasteiger partial charge < -0.3 is 4.74 Å². The van der Waals surface area contributed by atoms with Crippen LogP contribution in [0.5, 0.6) is 0 Å². The highest BCUT2D eigenvalue weighted by Crippen LogP contribution is 2.16. The van der Waals surface area contributed by atoms with E-state index in [4.69, 9.17) is 0 Å². The molecule has 0 bridgehead atoms. The lowest BCUT2D eigenvalue weighted by Crippen LogP contribution is -2.11. The SMILES string of the molecule is CCc1cc(C(C)C(=O)OC)ccn1. The van der Waals surface area contributed by atoms with E-state index in [1.54, 1.807) is 6.20 Å². The van der Waals surface area contributed by atoms with Crippen molar-refractivity contribution in [3.05, 3.63) is 29.6 Å². The monoisotopic (exact) mass is 193 g/mol. The quantitative estimate of drug-likeness (QED) is 0.688. The number of rotatable bonds is 3. The van der Waals surface area contributed by atoms with Gasteiger partial charge in [0, 0.05) is 11.9 Å². The van der Waals surface area contributed by atoms with Gasteiger partial charge in [0.25, 0.3) is 0 Å². The maximum atomic E-state index is 11.3. The van der Waals surface area contributed by atoms with Crippen molar-refractivity contribution in [1.29, 1.82) is 0 Å². The fraction of sp³-hybridized carbons (Fsp3) is 0.455. The molecule has 1 atom stereocenters. The zero-order valence-corrected chi connectivity index (χ0v) is 8.78. The Kier molecular flexibility index (Phi) is 3.63. The molecule has 0 fully saturated rings. The van der Waals surface area contributed by atoms with Crippen LogP contribution in [-0.2, 0) is 16.0 Å². The molecule has 0 aliphatic rings. The van der Waals surface area contributed by atoms with Gasteiger partial charge in [-0.3, -0.25) is 9.78 Å². The lowest BCUT2D eigenvalue weighted by molar-refractivity contribution is -0.141. The van der Waals surface area contributed by atoms with Gasteiger partial charge in [-0.25, -0.2) is 0 Å². The number of aromatic nitrogens is 1. The van der Waals surface area contributed by atoms with Gasteiger partial charge in [0.05, 0.1) is 13.0 Å². The van der Waals surface area contributed by atoms with Crippen LogP contribution in [0.15, 0.2) is 18.3 Å². The summed E-state index contributed by atoms with van der Waals surface area (Å²) in [7, 11) is 1.40. The molecule has 3 heteroatoms. The van der Waals surface area contributed by atoms with Crippen LogP contribution in [-0.4, -0.2) is 18.1 Å². The number of pyridine rings is 1. The third kappa shape index (κ3) is 2.31. The van der Waals surface area contributed by atoms with Gasteiger partial charge in [-0.05, 0) is 31.0 Å². The second-order valence-electron chi connectivity index (χ2n) is 3.18. The lowest BCUT2D eigenvalue weighted by Gasteiger charge is -2.09. The summed E-state index contributed by atoms with van der Waals surface area (Å²) >= 11 is 0. The van der Waals surface area contributed by atoms with Crippen molar-refractivity contribution in [2.24, 2.45) is 0 Å². The molecule has 1 unspecified atom stereocenters. The molecular weight excluding hydrogens is 178 g/mol. The number of hydrogen-bond donors (Lipinski definition) is 0. The second kappa shape index (κ2) is 4.74. The van der Waals surface area contributed by atoms with E-state index in [1.165, 1.54) is 7.11 Å². The van der Waals surface area contributed by atoms with E-state index in [1.807, 2.05) is 26.0 Å². The van der Waals surface area contributed by atoms with Gasteiger partial charge in [-0.15, -0.1) is 0 Å². The molecule has 1 aromatic heterocycles. The summed E-state index contributed by atoms with van der Waals surface area (Å²) in [6.07, 6.45) is 2.61. The molecule has 0 spiro atoms. The molecule has 0 N–H and O–H groups in total. The second-order valence-corrected chi connectivity index (χ2v) is 3.18. The van der Waals surface area contributed by atoms with Crippen LogP contribution in [0.4, 0.5) is 0 Å². The van der Waals surface area contributed by atoms with Gasteiger partial charge in [0.2, 0.25) is 0 Å². The summed E-state index contributed by atoms with van der Waals surface area (Å²) in [5, 5.41) is 0.